The molecule has 1 aromatic carbocycles. The third-order valence-electron chi connectivity index (χ3n) is 3.35. The summed E-state index contributed by atoms with van der Waals surface area (Å²) in [7, 11) is -1.58. The van der Waals surface area contributed by atoms with E-state index in [0.29, 0.717) is 24.5 Å². The highest BCUT2D eigenvalue weighted by molar-refractivity contribution is 8.00. The van der Waals surface area contributed by atoms with Crippen molar-refractivity contribution < 1.29 is 8.42 Å². The molecule has 112 valence electrons. The standard InChI is InChI=1S/C14H22N2O2S2/c1-14(2)11-16(8-9-19-14)20(17,18)13-7-5-4-6-12(13)10-15-3/h4-7,15H,8-11H2,1-3H3. The average molecular weight is 314 g/mol. The fourth-order valence-electron chi connectivity index (χ4n) is 2.41. The first kappa shape index (κ1) is 15.8. The third kappa shape index (κ3) is 3.36. The summed E-state index contributed by atoms with van der Waals surface area (Å²) in [5.41, 5.74) is 0.825. The Balaban J connectivity index is 2.35. The number of benzene rings is 1. The summed E-state index contributed by atoms with van der Waals surface area (Å²) in [6.45, 7) is 5.90. The van der Waals surface area contributed by atoms with Gasteiger partial charge in [0.05, 0.1) is 4.90 Å². The third-order valence-corrected chi connectivity index (χ3v) is 6.59. The summed E-state index contributed by atoms with van der Waals surface area (Å²) < 4.78 is 27.3. The van der Waals surface area contributed by atoms with E-state index in [0.717, 1.165) is 11.3 Å². The van der Waals surface area contributed by atoms with Crippen molar-refractivity contribution in [1.82, 2.24) is 9.62 Å². The largest absolute Gasteiger partial charge is 0.316 e. The van der Waals surface area contributed by atoms with E-state index in [4.69, 9.17) is 0 Å². The van der Waals surface area contributed by atoms with E-state index in [2.05, 4.69) is 19.2 Å². The van der Waals surface area contributed by atoms with E-state index in [1.165, 1.54) is 0 Å². The zero-order valence-corrected chi connectivity index (χ0v) is 13.9. The summed E-state index contributed by atoms with van der Waals surface area (Å²) in [5.74, 6) is 0.848. The molecule has 0 radical (unpaired) electrons. The summed E-state index contributed by atoms with van der Waals surface area (Å²) in [4.78, 5) is 0.428. The van der Waals surface area contributed by atoms with Crippen LogP contribution >= 0.6 is 11.8 Å². The average Bonchev–Trinajstić information content (AvgIpc) is 2.38. The minimum Gasteiger partial charge on any atom is -0.316 e. The molecule has 4 nitrogen and oxygen atoms in total. The van der Waals surface area contributed by atoms with Gasteiger partial charge in [-0.1, -0.05) is 18.2 Å². The molecule has 1 fully saturated rings. The molecule has 6 heteroatoms. The quantitative estimate of drug-likeness (QED) is 0.922. The van der Waals surface area contributed by atoms with E-state index in [9.17, 15) is 8.42 Å². The number of nitrogens with one attached hydrogen (secondary N) is 1. The summed E-state index contributed by atoms with van der Waals surface area (Å²) >= 11 is 1.83. The van der Waals surface area contributed by atoms with Crippen molar-refractivity contribution in [2.75, 3.05) is 25.9 Å². The second kappa shape index (κ2) is 6.05. The van der Waals surface area contributed by atoms with Gasteiger partial charge in [-0.05, 0) is 32.5 Å². The fraction of sp³-hybridized carbons (Fsp3) is 0.571. The van der Waals surface area contributed by atoms with Crippen LogP contribution in [-0.4, -0.2) is 43.4 Å². The lowest BCUT2D eigenvalue weighted by atomic mass is 10.2. The minimum atomic E-state index is -3.41. The molecule has 1 aliphatic heterocycles. The van der Waals surface area contributed by atoms with Gasteiger partial charge in [-0.15, -0.1) is 0 Å². The normalized spacial score (nSPS) is 19.9. The lowest BCUT2D eigenvalue weighted by molar-refractivity contribution is 0.387. The van der Waals surface area contributed by atoms with Gasteiger partial charge >= 0.3 is 0 Å². The molecular formula is C14H22N2O2S2. The molecule has 0 bridgehead atoms. The van der Waals surface area contributed by atoms with Crippen molar-refractivity contribution in [1.29, 1.82) is 0 Å². The van der Waals surface area contributed by atoms with E-state index >= 15 is 0 Å². The Kier molecular flexibility index (Phi) is 4.79. The van der Waals surface area contributed by atoms with Crippen molar-refractivity contribution >= 4 is 21.8 Å². The molecule has 1 saturated heterocycles. The summed E-state index contributed by atoms with van der Waals surface area (Å²) in [5, 5.41) is 3.03. The SMILES string of the molecule is CNCc1ccccc1S(=O)(=O)N1CCSC(C)(C)C1. The van der Waals surface area contributed by atoms with Crippen LogP contribution in [-0.2, 0) is 16.6 Å². The highest BCUT2D eigenvalue weighted by atomic mass is 32.2. The first-order valence-electron chi connectivity index (χ1n) is 6.73. The first-order valence-corrected chi connectivity index (χ1v) is 9.16. The van der Waals surface area contributed by atoms with Crippen LogP contribution in [0.3, 0.4) is 0 Å². The molecule has 0 atom stereocenters. The fourth-order valence-corrected chi connectivity index (χ4v) is 5.54. The molecule has 0 aliphatic carbocycles. The second-order valence-electron chi connectivity index (χ2n) is 5.58. The van der Waals surface area contributed by atoms with Crippen LogP contribution in [0.2, 0.25) is 0 Å². The number of rotatable bonds is 4. The Morgan fingerprint density at radius 3 is 2.70 bits per heavy atom. The van der Waals surface area contributed by atoms with E-state index in [1.807, 2.05) is 30.9 Å². The number of hydrogen-bond donors (Lipinski definition) is 1. The predicted octanol–water partition coefficient (Wildman–Crippen LogP) is 1.92. The molecule has 1 aromatic rings. The Hall–Kier alpha value is -0.560. The number of nitrogens with zero attached hydrogens (tertiary/aromatic N) is 1. The summed E-state index contributed by atoms with van der Waals surface area (Å²) in [6.07, 6.45) is 0. The molecule has 1 heterocycles. The van der Waals surface area contributed by atoms with Gasteiger partial charge in [0.15, 0.2) is 0 Å². The highest BCUT2D eigenvalue weighted by Gasteiger charge is 2.35. The van der Waals surface area contributed by atoms with Gasteiger partial charge in [-0.3, -0.25) is 0 Å². The number of thioether (sulfide) groups is 1. The molecule has 0 unspecified atom stereocenters. The van der Waals surface area contributed by atoms with Gasteiger partial charge in [0.2, 0.25) is 10.0 Å². The molecule has 1 N–H and O–H groups in total. The molecule has 0 amide bonds. The Morgan fingerprint density at radius 2 is 2.05 bits per heavy atom. The van der Waals surface area contributed by atoms with Crippen LogP contribution < -0.4 is 5.32 Å². The smallest absolute Gasteiger partial charge is 0.243 e. The molecule has 1 aliphatic rings. The van der Waals surface area contributed by atoms with Crippen LogP contribution in [0, 0.1) is 0 Å². The van der Waals surface area contributed by atoms with Gasteiger partial charge in [0, 0.05) is 30.1 Å². The minimum absolute atomic E-state index is 0.0245. The zero-order valence-electron chi connectivity index (χ0n) is 12.2. The van der Waals surface area contributed by atoms with Crippen molar-refractivity contribution in [3.8, 4) is 0 Å². The van der Waals surface area contributed by atoms with Gasteiger partial charge in [0.1, 0.15) is 0 Å². The van der Waals surface area contributed by atoms with E-state index < -0.39 is 10.0 Å². The molecule has 0 saturated carbocycles. The second-order valence-corrected chi connectivity index (χ2v) is 9.29. The molecule has 0 aromatic heterocycles. The van der Waals surface area contributed by atoms with Crippen molar-refractivity contribution in [2.45, 2.75) is 30.0 Å². The maximum atomic E-state index is 12.9. The van der Waals surface area contributed by atoms with Gasteiger partial charge in [0.25, 0.3) is 0 Å². The van der Waals surface area contributed by atoms with E-state index in [1.54, 1.807) is 16.4 Å². The van der Waals surface area contributed by atoms with Crippen molar-refractivity contribution in [3.05, 3.63) is 29.8 Å². The van der Waals surface area contributed by atoms with Gasteiger partial charge in [-0.2, -0.15) is 16.1 Å². The zero-order chi connectivity index (χ0) is 14.8. The summed E-state index contributed by atoms with van der Waals surface area (Å²) in [6, 6.07) is 7.24. The lowest BCUT2D eigenvalue weighted by Crippen LogP contribution is -2.46. The Morgan fingerprint density at radius 1 is 1.35 bits per heavy atom. The lowest BCUT2D eigenvalue weighted by Gasteiger charge is -2.36. The predicted molar refractivity (Wildman–Crippen MR) is 84.5 cm³/mol. The van der Waals surface area contributed by atoms with Crippen LogP contribution in [0.5, 0.6) is 0 Å². The Labute approximate surface area is 126 Å². The molecule has 20 heavy (non-hydrogen) atoms. The van der Waals surface area contributed by atoms with Crippen LogP contribution in [0.4, 0.5) is 0 Å². The first-order chi connectivity index (χ1) is 9.37. The van der Waals surface area contributed by atoms with Crippen LogP contribution in [0.15, 0.2) is 29.2 Å². The topological polar surface area (TPSA) is 49.4 Å². The van der Waals surface area contributed by atoms with E-state index in [-0.39, 0.29) is 4.75 Å². The van der Waals surface area contributed by atoms with Crippen LogP contribution in [0.25, 0.3) is 0 Å². The van der Waals surface area contributed by atoms with Crippen molar-refractivity contribution in [3.63, 3.8) is 0 Å². The van der Waals surface area contributed by atoms with Crippen molar-refractivity contribution in [2.24, 2.45) is 0 Å². The Bertz CT molecular complexity index is 570. The van der Waals surface area contributed by atoms with Crippen LogP contribution in [0.1, 0.15) is 19.4 Å². The number of sulfonamides is 1. The molecule has 2 rings (SSSR count). The monoisotopic (exact) mass is 314 g/mol. The highest BCUT2D eigenvalue weighted by Crippen LogP contribution is 2.33. The molecular weight excluding hydrogens is 292 g/mol. The maximum Gasteiger partial charge on any atom is 0.243 e. The van der Waals surface area contributed by atoms with Gasteiger partial charge in [-0.25, -0.2) is 8.42 Å². The number of hydrogen-bond acceptors (Lipinski definition) is 4. The molecule has 0 spiro atoms. The van der Waals surface area contributed by atoms with Gasteiger partial charge < -0.3 is 5.32 Å². The maximum absolute atomic E-state index is 12.9.